The van der Waals surface area contributed by atoms with Crippen molar-refractivity contribution in [2.45, 2.75) is 58.3 Å². The summed E-state index contributed by atoms with van der Waals surface area (Å²) in [6.07, 6.45) is 2.50. The van der Waals surface area contributed by atoms with Crippen molar-refractivity contribution in [1.29, 1.82) is 0 Å². The Kier molecular flexibility index (Phi) is 9.12. The van der Waals surface area contributed by atoms with Gasteiger partial charge in [0.05, 0.1) is 10.7 Å². The molecule has 0 spiro atoms. The third kappa shape index (κ3) is 7.95. The van der Waals surface area contributed by atoms with Gasteiger partial charge in [-0.25, -0.2) is 19.0 Å². The van der Waals surface area contributed by atoms with Gasteiger partial charge in [0, 0.05) is 43.9 Å². The Labute approximate surface area is 233 Å². The van der Waals surface area contributed by atoms with Crippen molar-refractivity contribution >= 4 is 23.8 Å². The van der Waals surface area contributed by atoms with Crippen LogP contribution in [0.2, 0.25) is 5.02 Å². The van der Waals surface area contributed by atoms with Crippen molar-refractivity contribution in [1.82, 2.24) is 19.8 Å². The molecule has 2 aromatic carbocycles. The number of halogens is 2. The van der Waals surface area contributed by atoms with E-state index < -0.39 is 17.5 Å². The summed E-state index contributed by atoms with van der Waals surface area (Å²) in [4.78, 5) is 31.3. The Morgan fingerprint density at radius 3 is 2.51 bits per heavy atom. The van der Waals surface area contributed by atoms with E-state index in [2.05, 4.69) is 5.32 Å². The van der Waals surface area contributed by atoms with Crippen LogP contribution in [-0.4, -0.2) is 51.9 Å². The van der Waals surface area contributed by atoms with Crippen molar-refractivity contribution in [3.8, 4) is 11.3 Å². The van der Waals surface area contributed by atoms with E-state index in [0.717, 1.165) is 11.4 Å². The molecule has 10 heteroatoms. The van der Waals surface area contributed by atoms with Gasteiger partial charge in [0.15, 0.2) is 0 Å². The number of hydrogen-bond acceptors (Lipinski definition) is 5. The number of nitrogens with zero attached hydrogens (tertiary/aromatic N) is 3. The molecule has 0 aliphatic carbocycles. The summed E-state index contributed by atoms with van der Waals surface area (Å²) in [6.45, 7) is 7.63. The molecular weight excluding hydrogens is 523 g/mol. The van der Waals surface area contributed by atoms with E-state index >= 15 is 0 Å². The molecule has 0 unspecified atom stereocenters. The SMILES string of the molecule is CC(C)(C)OC(=O)N1CCC(c2nc(-c3ccc(F)c(Cl)c3)cn2CCNC(=O)OCc2ccccc2)CC1. The fourth-order valence-corrected chi connectivity index (χ4v) is 4.61. The number of carbonyl (C=O) groups is 2. The predicted octanol–water partition coefficient (Wildman–Crippen LogP) is 6.38. The maximum absolute atomic E-state index is 13.8. The Balaban J connectivity index is 1.43. The number of imidazole rings is 1. The average Bonchev–Trinajstić information content (AvgIpc) is 3.33. The van der Waals surface area contributed by atoms with E-state index in [4.69, 9.17) is 26.1 Å². The number of nitrogens with one attached hydrogen (secondary N) is 1. The van der Waals surface area contributed by atoms with Crippen LogP contribution in [0.3, 0.4) is 0 Å². The molecule has 0 saturated carbocycles. The lowest BCUT2D eigenvalue weighted by molar-refractivity contribution is 0.0202. The number of piperidine rings is 1. The first kappa shape index (κ1) is 28.4. The van der Waals surface area contributed by atoms with Crippen molar-refractivity contribution in [2.24, 2.45) is 0 Å². The number of carbonyl (C=O) groups excluding carboxylic acids is 2. The molecule has 0 atom stereocenters. The Bertz CT molecular complexity index is 1280. The summed E-state index contributed by atoms with van der Waals surface area (Å²) in [7, 11) is 0. The molecule has 1 N–H and O–H groups in total. The summed E-state index contributed by atoms with van der Waals surface area (Å²) in [6, 6.07) is 14.0. The van der Waals surface area contributed by atoms with E-state index in [0.29, 0.717) is 50.3 Å². The monoisotopic (exact) mass is 556 g/mol. The summed E-state index contributed by atoms with van der Waals surface area (Å²) >= 11 is 6.02. The first-order valence-electron chi connectivity index (χ1n) is 13.0. The summed E-state index contributed by atoms with van der Waals surface area (Å²) in [5.41, 5.74) is 1.71. The summed E-state index contributed by atoms with van der Waals surface area (Å²) in [5, 5.41) is 2.82. The first-order valence-corrected chi connectivity index (χ1v) is 13.4. The number of amides is 2. The van der Waals surface area contributed by atoms with Crippen LogP contribution in [0.25, 0.3) is 11.3 Å². The minimum Gasteiger partial charge on any atom is -0.445 e. The van der Waals surface area contributed by atoms with Crippen molar-refractivity contribution in [2.75, 3.05) is 19.6 Å². The second kappa shape index (κ2) is 12.5. The number of hydrogen-bond donors (Lipinski definition) is 1. The third-order valence-corrected chi connectivity index (χ3v) is 6.66. The van der Waals surface area contributed by atoms with E-state index in [9.17, 15) is 14.0 Å². The molecule has 39 heavy (non-hydrogen) atoms. The molecular formula is C29H34ClFN4O4. The van der Waals surface area contributed by atoms with Gasteiger partial charge in [0.1, 0.15) is 23.8 Å². The van der Waals surface area contributed by atoms with Gasteiger partial charge in [-0.15, -0.1) is 0 Å². The van der Waals surface area contributed by atoms with Gasteiger partial charge in [-0.2, -0.15) is 0 Å². The molecule has 8 nitrogen and oxygen atoms in total. The lowest BCUT2D eigenvalue weighted by atomic mass is 9.96. The molecule has 1 aromatic heterocycles. The smallest absolute Gasteiger partial charge is 0.410 e. The molecule has 1 aliphatic rings. The zero-order valence-corrected chi connectivity index (χ0v) is 23.2. The maximum atomic E-state index is 13.8. The molecule has 3 aromatic rings. The molecule has 1 aliphatic heterocycles. The predicted molar refractivity (Wildman–Crippen MR) is 147 cm³/mol. The minimum absolute atomic E-state index is 0.0251. The Morgan fingerprint density at radius 1 is 1.13 bits per heavy atom. The lowest BCUT2D eigenvalue weighted by Gasteiger charge is -2.33. The number of aromatic nitrogens is 2. The molecule has 4 rings (SSSR count). The second-order valence-electron chi connectivity index (χ2n) is 10.5. The number of likely N-dealkylation sites (tertiary alicyclic amines) is 1. The Hall–Kier alpha value is -3.59. The molecule has 1 fully saturated rings. The van der Waals surface area contributed by atoms with E-state index in [1.807, 2.05) is 61.9 Å². The number of ether oxygens (including phenoxy) is 2. The number of rotatable bonds is 7. The van der Waals surface area contributed by atoms with Crippen LogP contribution in [0.5, 0.6) is 0 Å². The molecule has 0 bridgehead atoms. The quantitative estimate of drug-likeness (QED) is 0.365. The average molecular weight is 557 g/mol. The highest BCUT2D eigenvalue weighted by Crippen LogP contribution is 2.31. The maximum Gasteiger partial charge on any atom is 0.410 e. The molecule has 208 valence electrons. The molecule has 2 heterocycles. The van der Waals surface area contributed by atoms with Crippen LogP contribution >= 0.6 is 11.6 Å². The van der Waals surface area contributed by atoms with Gasteiger partial charge >= 0.3 is 12.2 Å². The molecule has 2 amide bonds. The van der Waals surface area contributed by atoms with Crippen LogP contribution in [0.15, 0.2) is 54.7 Å². The van der Waals surface area contributed by atoms with Crippen molar-refractivity contribution in [3.05, 3.63) is 77.0 Å². The minimum atomic E-state index is -0.551. The molecule has 1 saturated heterocycles. The zero-order chi connectivity index (χ0) is 28.0. The van der Waals surface area contributed by atoms with Gasteiger partial charge < -0.3 is 24.3 Å². The summed E-state index contributed by atoms with van der Waals surface area (Å²) < 4.78 is 26.6. The van der Waals surface area contributed by atoms with Gasteiger partial charge in [-0.1, -0.05) is 41.9 Å². The topological polar surface area (TPSA) is 85.7 Å². The van der Waals surface area contributed by atoms with Crippen LogP contribution in [-0.2, 0) is 22.6 Å². The second-order valence-corrected chi connectivity index (χ2v) is 10.9. The van der Waals surface area contributed by atoms with Crippen LogP contribution in [0.1, 0.15) is 50.9 Å². The number of benzene rings is 2. The van der Waals surface area contributed by atoms with Gasteiger partial charge in [-0.05, 0) is 57.4 Å². The fourth-order valence-electron chi connectivity index (χ4n) is 4.43. The fraction of sp³-hybridized carbons (Fsp3) is 0.414. The van der Waals surface area contributed by atoms with Gasteiger partial charge in [0.25, 0.3) is 0 Å². The van der Waals surface area contributed by atoms with Crippen LogP contribution in [0.4, 0.5) is 14.0 Å². The highest BCUT2D eigenvalue weighted by Gasteiger charge is 2.30. The Morgan fingerprint density at radius 2 is 1.85 bits per heavy atom. The van der Waals surface area contributed by atoms with Gasteiger partial charge in [-0.3, -0.25) is 0 Å². The normalized spacial score (nSPS) is 14.2. The van der Waals surface area contributed by atoms with Crippen molar-refractivity contribution in [3.63, 3.8) is 0 Å². The summed E-state index contributed by atoms with van der Waals surface area (Å²) in [5.74, 6) is 0.444. The highest BCUT2D eigenvalue weighted by atomic mass is 35.5. The van der Waals surface area contributed by atoms with E-state index in [1.165, 1.54) is 6.07 Å². The largest absolute Gasteiger partial charge is 0.445 e. The van der Waals surface area contributed by atoms with E-state index in [1.54, 1.807) is 17.0 Å². The highest BCUT2D eigenvalue weighted by molar-refractivity contribution is 6.31. The van der Waals surface area contributed by atoms with Gasteiger partial charge in [0.2, 0.25) is 0 Å². The zero-order valence-electron chi connectivity index (χ0n) is 22.5. The third-order valence-electron chi connectivity index (χ3n) is 6.37. The van der Waals surface area contributed by atoms with E-state index in [-0.39, 0.29) is 23.6 Å². The van der Waals surface area contributed by atoms with Crippen molar-refractivity contribution < 1.29 is 23.5 Å². The first-order chi connectivity index (χ1) is 18.6. The van der Waals surface area contributed by atoms with Crippen LogP contribution in [0, 0.1) is 5.82 Å². The molecule has 0 radical (unpaired) electrons. The number of alkyl carbamates (subject to hydrolysis) is 1. The van der Waals surface area contributed by atoms with Crippen LogP contribution < -0.4 is 5.32 Å². The lowest BCUT2D eigenvalue weighted by Crippen LogP contribution is -2.41. The standard InChI is InChI=1S/C29H34ClFN4O4/c1-29(2,3)39-28(37)34-14-11-21(12-15-34)26-33-25(22-9-10-24(31)23(30)17-22)18-35(26)16-13-32-27(36)38-19-20-7-5-4-6-8-20/h4-10,17-18,21H,11-16,19H2,1-3H3,(H,32,36).